The second kappa shape index (κ2) is 7.37. The summed E-state index contributed by atoms with van der Waals surface area (Å²) < 4.78 is 32.7. The summed E-state index contributed by atoms with van der Waals surface area (Å²) in [6.45, 7) is 4.19. The van der Waals surface area contributed by atoms with Crippen LogP contribution in [0, 0.1) is 6.92 Å². The number of sulfonamides is 1. The Bertz CT molecular complexity index is 921. The van der Waals surface area contributed by atoms with E-state index >= 15 is 0 Å². The highest BCUT2D eigenvalue weighted by Crippen LogP contribution is 2.31. The quantitative estimate of drug-likeness (QED) is 0.776. The van der Waals surface area contributed by atoms with Gasteiger partial charge in [0.2, 0.25) is 10.0 Å². The number of para-hydroxylation sites is 2. The maximum atomic E-state index is 12.8. The minimum absolute atomic E-state index is 0.270. The van der Waals surface area contributed by atoms with Crippen molar-refractivity contribution >= 4 is 27.3 Å². The van der Waals surface area contributed by atoms with Crippen molar-refractivity contribution < 1.29 is 17.9 Å². The van der Waals surface area contributed by atoms with Gasteiger partial charge in [-0.25, -0.2) is 8.42 Å². The molecule has 0 bridgehead atoms. The van der Waals surface area contributed by atoms with Gasteiger partial charge < -0.3 is 10.1 Å². The molecule has 0 aromatic heterocycles. The van der Waals surface area contributed by atoms with Crippen LogP contribution in [0.4, 0.5) is 11.4 Å². The smallest absolute Gasteiger partial charge is 0.257 e. The molecule has 0 aliphatic heterocycles. The van der Waals surface area contributed by atoms with Gasteiger partial charge in [-0.05, 0) is 56.5 Å². The molecule has 1 aliphatic carbocycles. The lowest BCUT2D eigenvalue weighted by Gasteiger charge is -2.15. The lowest BCUT2D eigenvalue weighted by molar-refractivity contribution is 0.102. The molecule has 0 atom stereocenters. The van der Waals surface area contributed by atoms with E-state index in [1.54, 1.807) is 36.4 Å². The summed E-state index contributed by atoms with van der Waals surface area (Å²) in [6, 6.07) is 12.2. The van der Waals surface area contributed by atoms with Gasteiger partial charge in [-0.2, -0.15) is 0 Å². The maximum absolute atomic E-state index is 12.8. The number of carbonyl (C=O) groups excluding carboxylic acids is 1. The Morgan fingerprint density at radius 3 is 2.58 bits per heavy atom. The highest BCUT2D eigenvalue weighted by molar-refractivity contribution is 7.93. The summed E-state index contributed by atoms with van der Waals surface area (Å²) >= 11 is 0. The Morgan fingerprint density at radius 1 is 1.15 bits per heavy atom. The summed E-state index contributed by atoms with van der Waals surface area (Å²) in [6.07, 6.45) is 1.31. The van der Waals surface area contributed by atoms with Gasteiger partial charge in [0.25, 0.3) is 5.91 Å². The molecule has 2 N–H and O–H groups in total. The van der Waals surface area contributed by atoms with E-state index in [0.717, 1.165) is 5.56 Å². The van der Waals surface area contributed by atoms with Crippen LogP contribution in [-0.4, -0.2) is 26.2 Å². The molecule has 1 amide bonds. The molecule has 1 fully saturated rings. The summed E-state index contributed by atoms with van der Waals surface area (Å²) in [5.41, 5.74) is 1.97. The average molecular weight is 374 g/mol. The Balaban J connectivity index is 1.88. The number of benzene rings is 2. The van der Waals surface area contributed by atoms with Gasteiger partial charge in [0, 0.05) is 0 Å². The molecule has 0 radical (unpaired) electrons. The first kappa shape index (κ1) is 18.3. The first-order valence-corrected chi connectivity index (χ1v) is 10.1. The zero-order valence-corrected chi connectivity index (χ0v) is 15.6. The number of aryl methyl sites for hydroxylation is 1. The van der Waals surface area contributed by atoms with Gasteiger partial charge in [-0.15, -0.1) is 0 Å². The molecule has 3 rings (SSSR count). The van der Waals surface area contributed by atoms with Crippen LogP contribution >= 0.6 is 0 Å². The number of hydrogen-bond acceptors (Lipinski definition) is 4. The van der Waals surface area contributed by atoms with Crippen molar-refractivity contribution in [3.8, 4) is 5.75 Å². The number of rotatable bonds is 7. The third-order valence-corrected chi connectivity index (χ3v) is 5.92. The molecular weight excluding hydrogens is 352 g/mol. The zero-order chi connectivity index (χ0) is 18.7. The molecule has 1 aliphatic rings. The SMILES string of the molecule is CCOc1ccccc1NC(=O)c1ccc(C)cc1NS(=O)(=O)C1CC1. The predicted octanol–water partition coefficient (Wildman–Crippen LogP) is 3.55. The van der Waals surface area contributed by atoms with Crippen molar-refractivity contribution in [2.45, 2.75) is 31.9 Å². The van der Waals surface area contributed by atoms with Gasteiger partial charge in [0.05, 0.1) is 28.8 Å². The fraction of sp³-hybridized carbons (Fsp3) is 0.316. The number of anilines is 2. The van der Waals surface area contributed by atoms with Crippen molar-refractivity contribution in [3.63, 3.8) is 0 Å². The third kappa shape index (κ3) is 4.16. The standard InChI is InChI=1S/C19H22N2O4S/c1-3-25-18-7-5-4-6-16(18)20-19(22)15-11-8-13(2)12-17(15)21-26(23,24)14-9-10-14/h4-8,11-12,14,21H,3,9-10H2,1-2H3,(H,20,22). The summed E-state index contributed by atoms with van der Waals surface area (Å²) in [5, 5.41) is 2.44. The summed E-state index contributed by atoms with van der Waals surface area (Å²) in [7, 11) is -3.46. The average Bonchev–Trinajstić information content (AvgIpc) is 3.42. The van der Waals surface area contributed by atoms with E-state index in [4.69, 9.17) is 4.74 Å². The van der Waals surface area contributed by atoms with E-state index in [1.165, 1.54) is 0 Å². The Hall–Kier alpha value is -2.54. The highest BCUT2D eigenvalue weighted by Gasteiger charge is 2.36. The van der Waals surface area contributed by atoms with Gasteiger partial charge in [-0.3, -0.25) is 9.52 Å². The molecule has 26 heavy (non-hydrogen) atoms. The van der Waals surface area contributed by atoms with Crippen molar-refractivity contribution in [2.24, 2.45) is 0 Å². The summed E-state index contributed by atoms with van der Waals surface area (Å²) in [4.78, 5) is 12.8. The summed E-state index contributed by atoms with van der Waals surface area (Å²) in [5.74, 6) is 0.168. The first-order chi connectivity index (χ1) is 12.4. The van der Waals surface area contributed by atoms with Crippen molar-refractivity contribution in [3.05, 3.63) is 53.6 Å². The zero-order valence-electron chi connectivity index (χ0n) is 14.8. The Morgan fingerprint density at radius 2 is 1.88 bits per heavy atom. The van der Waals surface area contributed by atoms with Crippen molar-refractivity contribution in [1.82, 2.24) is 0 Å². The van der Waals surface area contributed by atoms with Crippen molar-refractivity contribution in [2.75, 3.05) is 16.6 Å². The highest BCUT2D eigenvalue weighted by atomic mass is 32.2. The lowest BCUT2D eigenvalue weighted by Crippen LogP contribution is -2.21. The predicted molar refractivity (Wildman–Crippen MR) is 102 cm³/mol. The topological polar surface area (TPSA) is 84.5 Å². The van der Waals surface area contributed by atoms with E-state index in [2.05, 4.69) is 10.0 Å². The van der Waals surface area contributed by atoms with E-state index < -0.39 is 15.9 Å². The number of hydrogen-bond donors (Lipinski definition) is 2. The molecule has 0 spiro atoms. The third-order valence-electron chi connectivity index (χ3n) is 4.07. The monoisotopic (exact) mass is 374 g/mol. The molecule has 0 unspecified atom stereocenters. The largest absolute Gasteiger partial charge is 0.492 e. The van der Waals surface area contributed by atoms with Gasteiger partial charge >= 0.3 is 0 Å². The van der Waals surface area contributed by atoms with Crippen LogP contribution in [0.5, 0.6) is 5.75 Å². The molecule has 6 nitrogen and oxygen atoms in total. The van der Waals surface area contributed by atoms with Crippen LogP contribution in [0.15, 0.2) is 42.5 Å². The lowest BCUT2D eigenvalue weighted by atomic mass is 10.1. The Labute approximate surface area is 153 Å². The molecule has 1 saturated carbocycles. The van der Waals surface area contributed by atoms with Gasteiger partial charge in [-0.1, -0.05) is 18.2 Å². The minimum atomic E-state index is -3.46. The Kier molecular flexibility index (Phi) is 5.18. The van der Waals surface area contributed by atoms with Gasteiger partial charge in [0.15, 0.2) is 0 Å². The molecule has 7 heteroatoms. The number of carbonyl (C=O) groups is 1. The van der Waals surface area contributed by atoms with Crippen LogP contribution < -0.4 is 14.8 Å². The number of ether oxygens (including phenoxy) is 1. The van der Waals surface area contributed by atoms with E-state index in [9.17, 15) is 13.2 Å². The van der Waals surface area contributed by atoms with E-state index in [0.29, 0.717) is 36.6 Å². The first-order valence-electron chi connectivity index (χ1n) is 8.56. The van der Waals surface area contributed by atoms with Crippen molar-refractivity contribution in [1.29, 1.82) is 0 Å². The van der Waals surface area contributed by atoms with Crippen LogP contribution in [-0.2, 0) is 10.0 Å². The molecular formula is C19H22N2O4S. The van der Waals surface area contributed by atoms with Crippen LogP contribution in [0.1, 0.15) is 35.7 Å². The second-order valence-electron chi connectivity index (χ2n) is 6.28. The van der Waals surface area contributed by atoms with Crippen LogP contribution in [0.25, 0.3) is 0 Å². The fourth-order valence-electron chi connectivity index (χ4n) is 2.60. The molecule has 0 saturated heterocycles. The molecule has 2 aromatic rings. The number of amides is 1. The molecule has 2 aromatic carbocycles. The number of nitrogens with one attached hydrogen (secondary N) is 2. The molecule has 0 heterocycles. The van der Waals surface area contributed by atoms with Gasteiger partial charge in [0.1, 0.15) is 5.75 Å². The fourth-order valence-corrected chi connectivity index (χ4v) is 4.00. The van der Waals surface area contributed by atoms with Crippen LogP contribution in [0.2, 0.25) is 0 Å². The second-order valence-corrected chi connectivity index (χ2v) is 8.24. The normalized spacial score (nSPS) is 13.9. The van der Waals surface area contributed by atoms with E-state index in [-0.39, 0.29) is 10.8 Å². The molecule has 138 valence electrons. The van der Waals surface area contributed by atoms with E-state index in [1.807, 2.05) is 19.9 Å². The van der Waals surface area contributed by atoms with Crippen LogP contribution in [0.3, 0.4) is 0 Å². The maximum Gasteiger partial charge on any atom is 0.257 e. The minimum Gasteiger partial charge on any atom is -0.492 e.